The number of benzene rings is 2. The van der Waals surface area contributed by atoms with Crippen molar-refractivity contribution >= 4 is 6.09 Å². The minimum Gasteiger partial charge on any atom is -0.409 e. The molecule has 4 rings (SSSR count). The number of fused-ring (bicyclic) bond motifs is 1. The number of hydrazine groups is 1. The molecule has 0 aromatic heterocycles. The molecule has 4 nitrogen and oxygen atoms in total. The summed E-state index contributed by atoms with van der Waals surface area (Å²) in [5.74, 6) is 1.26. The molecule has 1 aliphatic carbocycles. The van der Waals surface area contributed by atoms with E-state index >= 15 is 0 Å². The topological polar surface area (TPSA) is 41.6 Å². The number of ether oxygens (including phenoxy) is 1. The molecule has 1 N–H and O–H groups in total. The van der Waals surface area contributed by atoms with Crippen LogP contribution in [-0.4, -0.2) is 17.6 Å². The fraction of sp³-hybridized carbons (Fsp3) is 0.409. The average Bonchev–Trinajstić information content (AvgIpc) is 2.69. The third-order valence-corrected chi connectivity index (χ3v) is 5.55. The Labute approximate surface area is 155 Å². The highest BCUT2D eigenvalue weighted by Gasteiger charge is 2.19. The van der Waals surface area contributed by atoms with Gasteiger partial charge in [0.15, 0.2) is 0 Å². The van der Waals surface area contributed by atoms with Gasteiger partial charge in [-0.25, -0.2) is 9.80 Å². The monoisotopic (exact) mass is 350 g/mol. The molecule has 2 aromatic carbocycles. The lowest BCUT2D eigenvalue weighted by atomic mass is 9.84. The van der Waals surface area contributed by atoms with Crippen LogP contribution in [0.5, 0.6) is 5.75 Å². The minimum absolute atomic E-state index is 0.421. The number of hydrogen-bond donors (Lipinski definition) is 1. The largest absolute Gasteiger partial charge is 0.427 e. The molecule has 2 aliphatic rings. The second-order valence-corrected chi connectivity index (χ2v) is 7.35. The summed E-state index contributed by atoms with van der Waals surface area (Å²) in [6.07, 6.45) is 7.07. The summed E-state index contributed by atoms with van der Waals surface area (Å²) in [5, 5.41) is 1.92. The van der Waals surface area contributed by atoms with Gasteiger partial charge in [-0.15, -0.1) is 0 Å². The number of nitrogens with one attached hydrogen (secondary N) is 1. The molecule has 1 aliphatic heterocycles. The minimum atomic E-state index is -0.421. The van der Waals surface area contributed by atoms with E-state index in [1.807, 2.05) is 23.2 Å². The van der Waals surface area contributed by atoms with Crippen LogP contribution >= 0.6 is 0 Å². The number of rotatable bonds is 3. The van der Waals surface area contributed by atoms with Crippen molar-refractivity contribution < 1.29 is 9.53 Å². The Kier molecular flexibility index (Phi) is 5.21. The maximum atomic E-state index is 12.2. The molecule has 2 aromatic rings. The van der Waals surface area contributed by atoms with Crippen LogP contribution in [0.15, 0.2) is 48.5 Å². The summed E-state index contributed by atoms with van der Waals surface area (Å²) in [6, 6.07) is 16.4. The van der Waals surface area contributed by atoms with Crippen molar-refractivity contribution in [2.75, 3.05) is 6.54 Å². The SMILES string of the molecule is O=C(NN1CCc2ccccc2C1)Oc1ccc(C2CCCCC2)cc1. The molecular weight excluding hydrogens is 324 g/mol. The second-order valence-electron chi connectivity index (χ2n) is 7.35. The predicted octanol–water partition coefficient (Wildman–Crippen LogP) is 4.80. The van der Waals surface area contributed by atoms with Crippen molar-refractivity contribution in [2.24, 2.45) is 0 Å². The Morgan fingerprint density at radius 3 is 2.46 bits per heavy atom. The van der Waals surface area contributed by atoms with Crippen molar-refractivity contribution in [3.8, 4) is 5.75 Å². The van der Waals surface area contributed by atoms with Gasteiger partial charge in [-0.1, -0.05) is 55.7 Å². The van der Waals surface area contributed by atoms with E-state index in [4.69, 9.17) is 4.74 Å². The molecule has 136 valence electrons. The first-order chi connectivity index (χ1) is 12.8. The molecule has 4 heteroatoms. The Morgan fingerprint density at radius 1 is 0.962 bits per heavy atom. The zero-order chi connectivity index (χ0) is 17.8. The van der Waals surface area contributed by atoms with Gasteiger partial charge in [-0.2, -0.15) is 0 Å². The Bertz CT molecular complexity index is 751. The molecule has 1 fully saturated rings. The molecule has 0 spiro atoms. The van der Waals surface area contributed by atoms with E-state index in [1.54, 1.807) is 0 Å². The molecular formula is C22H26N2O2. The molecule has 0 bridgehead atoms. The van der Waals surface area contributed by atoms with E-state index in [1.165, 1.54) is 48.8 Å². The Morgan fingerprint density at radius 2 is 1.69 bits per heavy atom. The maximum Gasteiger partial charge on any atom is 0.427 e. The van der Waals surface area contributed by atoms with E-state index in [0.717, 1.165) is 13.0 Å². The summed E-state index contributed by atoms with van der Waals surface area (Å²) in [7, 11) is 0. The number of nitrogens with zero attached hydrogens (tertiary/aromatic N) is 1. The van der Waals surface area contributed by atoms with Crippen molar-refractivity contribution in [1.29, 1.82) is 0 Å². The molecule has 0 atom stereocenters. The fourth-order valence-corrected chi connectivity index (χ4v) is 4.09. The van der Waals surface area contributed by atoms with Crippen molar-refractivity contribution in [3.63, 3.8) is 0 Å². The van der Waals surface area contributed by atoms with E-state index in [9.17, 15) is 4.79 Å². The van der Waals surface area contributed by atoms with Gasteiger partial charge in [0, 0.05) is 13.1 Å². The van der Waals surface area contributed by atoms with Crippen molar-refractivity contribution in [1.82, 2.24) is 10.4 Å². The molecule has 0 radical (unpaired) electrons. The molecule has 26 heavy (non-hydrogen) atoms. The summed E-state index contributed by atoms with van der Waals surface area (Å²) >= 11 is 0. The normalized spacial score (nSPS) is 18.2. The van der Waals surface area contributed by atoms with Crippen LogP contribution in [0.25, 0.3) is 0 Å². The smallest absolute Gasteiger partial charge is 0.409 e. The molecule has 0 saturated heterocycles. The number of carbonyl (C=O) groups is 1. The number of amides is 1. The van der Waals surface area contributed by atoms with Gasteiger partial charge in [0.25, 0.3) is 0 Å². The summed E-state index contributed by atoms with van der Waals surface area (Å²) in [6.45, 7) is 1.51. The van der Waals surface area contributed by atoms with Gasteiger partial charge in [-0.05, 0) is 54.0 Å². The van der Waals surface area contributed by atoms with E-state index < -0.39 is 6.09 Å². The van der Waals surface area contributed by atoms with Gasteiger partial charge in [0.2, 0.25) is 0 Å². The Balaban J connectivity index is 1.31. The molecule has 1 heterocycles. The van der Waals surface area contributed by atoms with E-state index in [0.29, 0.717) is 18.2 Å². The van der Waals surface area contributed by atoms with Crippen molar-refractivity contribution in [2.45, 2.75) is 51.0 Å². The lowest BCUT2D eigenvalue weighted by Gasteiger charge is -2.28. The van der Waals surface area contributed by atoms with Crippen LogP contribution in [0, 0.1) is 0 Å². The van der Waals surface area contributed by atoms with Gasteiger partial charge < -0.3 is 4.74 Å². The Hall–Kier alpha value is -2.33. The summed E-state index contributed by atoms with van der Waals surface area (Å²) < 4.78 is 5.46. The van der Waals surface area contributed by atoms with Crippen LogP contribution < -0.4 is 10.2 Å². The summed E-state index contributed by atoms with van der Waals surface area (Å²) in [5.41, 5.74) is 6.84. The highest BCUT2D eigenvalue weighted by Crippen LogP contribution is 2.33. The first-order valence-electron chi connectivity index (χ1n) is 9.68. The van der Waals surface area contributed by atoms with Crippen LogP contribution in [0.1, 0.15) is 54.7 Å². The van der Waals surface area contributed by atoms with Crippen LogP contribution in [0.2, 0.25) is 0 Å². The molecule has 1 saturated carbocycles. The first kappa shape index (κ1) is 17.1. The highest BCUT2D eigenvalue weighted by molar-refractivity contribution is 5.69. The summed E-state index contributed by atoms with van der Waals surface area (Å²) in [4.78, 5) is 12.2. The lowest BCUT2D eigenvalue weighted by molar-refractivity contribution is 0.135. The first-order valence-corrected chi connectivity index (χ1v) is 9.68. The van der Waals surface area contributed by atoms with Crippen molar-refractivity contribution in [3.05, 3.63) is 65.2 Å². The quantitative estimate of drug-likeness (QED) is 0.865. The van der Waals surface area contributed by atoms with Crippen LogP contribution in [-0.2, 0) is 13.0 Å². The lowest BCUT2D eigenvalue weighted by Crippen LogP contribution is -2.46. The third kappa shape index (κ3) is 4.07. The zero-order valence-corrected chi connectivity index (χ0v) is 15.1. The third-order valence-electron chi connectivity index (χ3n) is 5.55. The molecule has 1 amide bonds. The standard InChI is InChI=1S/C22H26N2O2/c25-22(23-24-15-14-18-8-4-5-9-20(18)16-24)26-21-12-10-19(11-13-21)17-6-2-1-3-7-17/h4-5,8-13,17H,1-3,6-7,14-16H2,(H,23,25). The van der Waals surface area contributed by atoms with Crippen LogP contribution in [0.3, 0.4) is 0 Å². The predicted molar refractivity (Wildman–Crippen MR) is 102 cm³/mol. The fourth-order valence-electron chi connectivity index (χ4n) is 4.09. The second kappa shape index (κ2) is 7.92. The zero-order valence-electron chi connectivity index (χ0n) is 15.1. The van der Waals surface area contributed by atoms with E-state index in [2.05, 4.69) is 35.8 Å². The van der Waals surface area contributed by atoms with Gasteiger partial charge in [0.1, 0.15) is 5.75 Å². The van der Waals surface area contributed by atoms with Gasteiger partial charge >= 0.3 is 6.09 Å². The average molecular weight is 350 g/mol. The number of carbonyl (C=O) groups excluding carboxylic acids is 1. The molecule has 0 unspecified atom stereocenters. The maximum absolute atomic E-state index is 12.2. The highest BCUT2D eigenvalue weighted by atomic mass is 16.6. The van der Waals surface area contributed by atoms with E-state index in [-0.39, 0.29) is 0 Å². The van der Waals surface area contributed by atoms with Crippen LogP contribution in [0.4, 0.5) is 4.79 Å². The number of hydrogen-bond acceptors (Lipinski definition) is 3. The van der Waals surface area contributed by atoms with Gasteiger partial charge in [0.05, 0.1) is 0 Å². The van der Waals surface area contributed by atoms with Gasteiger partial charge in [-0.3, -0.25) is 5.43 Å².